The summed E-state index contributed by atoms with van der Waals surface area (Å²) in [5.74, 6) is 0.646. The number of aromatic nitrogens is 1. The fourth-order valence-electron chi connectivity index (χ4n) is 4.14. The predicted octanol–water partition coefficient (Wildman–Crippen LogP) is 4.53. The molecule has 3 aromatic rings. The van der Waals surface area contributed by atoms with Crippen molar-refractivity contribution >= 4 is 27.2 Å². The molecule has 1 aliphatic rings. The number of aryl methyl sites for hydroxylation is 1. The van der Waals surface area contributed by atoms with Gasteiger partial charge in [-0.2, -0.15) is 4.31 Å². The highest BCUT2D eigenvalue weighted by Gasteiger charge is 2.26. The Kier molecular flexibility index (Phi) is 5.66. The second-order valence-electron chi connectivity index (χ2n) is 7.76. The molecule has 7 heteroatoms. The van der Waals surface area contributed by atoms with Gasteiger partial charge in [-0.05, 0) is 50.1 Å². The maximum Gasteiger partial charge on any atom is 0.243 e. The lowest BCUT2D eigenvalue weighted by Crippen LogP contribution is -2.31. The van der Waals surface area contributed by atoms with Crippen LogP contribution in [0.5, 0.6) is 5.75 Å². The number of methoxy groups -OCH3 is 1. The molecule has 30 heavy (non-hydrogen) atoms. The summed E-state index contributed by atoms with van der Waals surface area (Å²) in [6, 6.07) is 10.7. The molecule has 0 atom stereocenters. The first kappa shape index (κ1) is 20.6. The number of benzene rings is 2. The van der Waals surface area contributed by atoms with Gasteiger partial charge in [-0.15, -0.1) is 0 Å². The van der Waals surface area contributed by atoms with Gasteiger partial charge in [0.05, 0.1) is 17.7 Å². The number of aromatic amines is 1. The van der Waals surface area contributed by atoms with Crippen LogP contribution in [0.2, 0.25) is 0 Å². The van der Waals surface area contributed by atoms with E-state index in [1.54, 1.807) is 29.6 Å². The summed E-state index contributed by atoms with van der Waals surface area (Å²) in [6.07, 6.45) is 4.64. The van der Waals surface area contributed by atoms with Crippen molar-refractivity contribution in [3.63, 3.8) is 0 Å². The molecule has 0 aliphatic carbocycles. The van der Waals surface area contributed by atoms with Crippen LogP contribution in [-0.4, -0.2) is 44.2 Å². The van der Waals surface area contributed by atoms with Gasteiger partial charge < -0.3 is 9.72 Å². The average Bonchev–Trinajstić information content (AvgIpc) is 2.89. The van der Waals surface area contributed by atoms with Crippen LogP contribution < -0.4 is 4.74 Å². The summed E-state index contributed by atoms with van der Waals surface area (Å²) < 4.78 is 33.5. The van der Waals surface area contributed by atoms with Crippen molar-refractivity contribution in [2.75, 3.05) is 20.2 Å². The number of nitrogens with one attached hydrogen (secondary N) is 1. The van der Waals surface area contributed by atoms with Crippen molar-refractivity contribution in [2.45, 2.75) is 37.5 Å². The van der Waals surface area contributed by atoms with E-state index in [9.17, 15) is 13.2 Å². The van der Waals surface area contributed by atoms with Crippen LogP contribution in [0.3, 0.4) is 0 Å². The number of fused-ring (bicyclic) bond motifs is 1. The Labute approximate surface area is 176 Å². The highest BCUT2D eigenvalue weighted by Crippen LogP contribution is 2.36. The fourth-order valence-corrected chi connectivity index (χ4v) is 5.68. The molecule has 0 radical (unpaired) electrons. The van der Waals surface area contributed by atoms with Crippen LogP contribution in [-0.2, 0) is 10.0 Å². The highest BCUT2D eigenvalue weighted by atomic mass is 32.2. The third-order valence-electron chi connectivity index (χ3n) is 5.76. The molecular weight excluding hydrogens is 400 g/mol. The van der Waals surface area contributed by atoms with Crippen molar-refractivity contribution < 1.29 is 17.9 Å². The second kappa shape index (κ2) is 8.24. The lowest BCUT2D eigenvalue weighted by Gasteiger charge is -2.20. The van der Waals surface area contributed by atoms with Crippen LogP contribution in [0, 0.1) is 6.92 Å². The third-order valence-corrected chi connectivity index (χ3v) is 7.65. The molecule has 2 aromatic carbocycles. The monoisotopic (exact) mass is 426 g/mol. The Morgan fingerprint density at radius 2 is 1.77 bits per heavy atom. The van der Waals surface area contributed by atoms with E-state index in [4.69, 9.17) is 4.74 Å². The Morgan fingerprint density at radius 1 is 1.03 bits per heavy atom. The lowest BCUT2D eigenvalue weighted by molar-refractivity contribution is 0.112. The molecule has 1 N–H and O–H groups in total. The number of nitrogens with zero attached hydrogens (tertiary/aromatic N) is 1. The minimum atomic E-state index is -3.60. The van der Waals surface area contributed by atoms with E-state index in [-0.39, 0.29) is 4.90 Å². The normalized spacial score (nSPS) is 15.8. The summed E-state index contributed by atoms with van der Waals surface area (Å²) in [5, 5.41) is 0.597. The van der Waals surface area contributed by atoms with Gasteiger partial charge in [0.2, 0.25) is 10.0 Å². The van der Waals surface area contributed by atoms with E-state index in [2.05, 4.69) is 4.98 Å². The van der Waals surface area contributed by atoms with Crippen LogP contribution >= 0.6 is 0 Å². The summed E-state index contributed by atoms with van der Waals surface area (Å²) in [7, 11) is -2.01. The molecule has 0 bridgehead atoms. The van der Waals surface area contributed by atoms with E-state index < -0.39 is 10.0 Å². The van der Waals surface area contributed by atoms with Gasteiger partial charge in [0.1, 0.15) is 5.75 Å². The number of hydrogen-bond acceptors (Lipinski definition) is 4. The first-order valence-electron chi connectivity index (χ1n) is 10.2. The predicted molar refractivity (Wildman–Crippen MR) is 118 cm³/mol. The van der Waals surface area contributed by atoms with Gasteiger partial charge >= 0.3 is 0 Å². The smallest absolute Gasteiger partial charge is 0.243 e. The van der Waals surface area contributed by atoms with Crippen LogP contribution in [0.4, 0.5) is 0 Å². The van der Waals surface area contributed by atoms with Gasteiger partial charge in [0, 0.05) is 35.1 Å². The largest absolute Gasteiger partial charge is 0.496 e. The number of ether oxygens (including phenoxy) is 1. The van der Waals surface area contributed by atoms with Gasteiger partial charge in [-0.1, -0.05) is 24.5 Å². The van der Waals surface area contributed by atoms with Crippen molar-refractivity contribution in [1.82, 2.24) is 9.29 Å². The van der Waals surface area contributed by atoms with Gasteiger partial charge in [-0.3, -0.25) is 4.79 Å². The van der Waals surface area contributed by atoms with E-state index in [1.807, 2.05) is 25.1 Å². The lowest BCUT2D eigenvalue weighted by atomic mass is 10.0. The maximum absolute atomic E-state index is 13.2. The number of hydrogen-bond donors (Lipinski definition) is 1. The zero-order valence-corrected chi connectivity index (χ0v) is 18.1. The summed E-state index contributed by atoms with van der Waals surface area (Å²) in [4.78, 5) is 15.6. The molecular formula is C23H26N2O4S. The molecule has 0 saturated carbocycles. The number of rotatable bonds is 5. The summed E-state index contributed by atoms with van der Waals surface area (Å²) in [5.41, 5.74) is 3.58. The molecule has 158 valence electrons. The fraction of sp³-hybridized carbons (Fsp3) is 0.348. The summed E-state index contributed by atoms with van der Waals surface area (Å²) >= 11 is 0. The minimum Gasteiger partial charge on any atom is -0.496 e. The molecule has 1 fully saturated rings. The average molecular weight is 427 g/mol. The first-order valence-corrected chi connectivity index (χ1v) is 11.7. The van der Waals surface area contributed by atoms with Gasteiger partial charge in [0.25, 0.3) is 0 Å². The van der Waals surface area contributed by atoms with Gasteiger partial charge in [0.15, 0.2) is 6.29 Å². The van der Waals surface area contributed by atoms with Crippen LogP contribution in [0.1, 0.15) is 41.6 Å². The van der Waals surface area contributed by atoms with Crippen molar-refractivity contribution in [2.24, 2.45) is 0 Å². The number of aldehydes is 1. The SMILES string of the molecule is COc1ccc(C)cc1-c1[nH]c2ccc(S(=O)(=O)N3CCCCCC3)cc2c1C=O. The number of carbonyl (C=O) groups is 1. The second-order valence-corrected chi connectivity index (χ2v) is 9.70. The first-order chi connectivity index (χ1) is 14.5. The Balaban J connectivity index is 1.85. The van der Waals surface area contributed by atoms with E-state index in [0.717, 1.165) is 43.1 Å². The molecule has 0 spiro atoms. The molecule has 1 aromatic heterocycles. The Hall–Kier alpha value is -2.64. The van der Waals surface area contributed by atoms with Gasteiger partial charge in [-0.25, -0.2) is 8.42 Å². The molecule has 0 unspecified atom stereocenters. The quantitative estimate of drug-likeness (QED) is 0.608. The Bertz CT molecular complexity index is 1190. The van der Waals surface area contributed by atoms with E-state index in [1.165, 1.54) is 0 Å². The molecule has 4 rings (SSSR count). The highest BCUT2D eigenvalue weighted by molar-refractivity contribution is 7.89. The molecule has 1 aliphatic heterocycles. The Morgan fingerprint density at radius 3 is 2.43 bits per heavy atom. The van der Waals surface area contributed by atoms with Crippen LogP contribution in [0.15, 0.2) is 41.3 Å². The molecule has 1 saturated heterocycles. The zero-order chi connectivity index (χ0) is 21.3. The zero-order valence-electron chi connectivity index (χ0n) is 17.3. The standard InChI is InChI=1S/C23H26N2O4S/c1-16-7-10-22(29-2)19(13-16)23-20(15-26)18-14-17(8-9-21(18)24-23)30(27,28)25-11-5-3-4-6-12-25/h7-10,13-15,24H,3-6,11-12H2,1-2H3. The maximum atomic E-state index is 13.2. The number of sulfonamides is 1. The third kappa shape index (κ3) is 3.63. The van der Waals surface area contributed by atoms with E-state index >= 15 is 0 Å². The van der Waals surface area contributed by atoms with E-state index in [0.29, 0.717) is 41.0 Å². The van der Waals surface area contributed by atoms with Crippen molar-refractivity contribution in [3.05, 3.63) is 47.5 Å². The summed E-state index contributed by atoms with van der Waals surface area (Å²) in [6.45, 7) is 3.05. The van der Waals surface area contributed by atoms with Crippen molar-refractivity contribution in [3.8, 4) is 17.0 Å². The number of H-pyrrole nitrogens is 1. The van der Waals surface area contributed by atoms with Crippen molar-refractivity contribution in [1.29, 1.82) is 0 Å². The van der Waals surface area contributed by atoms with Crippen LogP contribution in [0.25, 0.3) is 22.2 Å². The molecule has 2 heterocycles. The topological polar surface area (TPSA) is 79.5 Å². The molecule has 6 nitrogen and oxygen atoms in total. The molecule has 0 amide bonds. The minimum absolute atomic E-state index is 0.224. The number of carbonyl (C=O) groups excluding carboxylic acids is 1.